The number of hydrogen-bond acceptors (Lipinski definition) is 3. The van der Waals surface area contributed by atoms with E-state index < -0.39 is 28.7 Å². The van der Waals surface area contributed by atoms with Crippen LogP contribution in [0.15, 0.2) is 29.2 Å². The van der Waals surface area contributed by atoms with Crippen molar-refractivity contribution in [1.82, 2.24) is 9.62 Å². The van der Waals surface area contributed by atoms with Gasteiger partial charge in [0.25, 0.3) is 5.91 Å². The number of sulfonamides is 1. The number of nitrogens with zero attached hydrogens (tertiary/aromatic N) is 1. The average Bonchev–Trinajstić information content (AvgIpc) is 3.35. The van der Waals surface area contributed by atoms with Crippen LogP contribution in [0.2, 0.25) is 0 Å². The van der Waals surface area contributed by atoms with Crippen LogP contribution < -0.4 is 5.32 Å². The van der Waals surface area contributed by atoms with E-state index in [1.807, 2.05) is 6.92 Å². The van der Waals surface area contributed by atoms with Gasteiger partial charge in [0, 0.05) is 18.7 Å². The summed E-state index contributed by atoms with van der Waals surface area (Å²) >= 11 is 0. The van der Waals surface area contributed by atoms with E-state index in [0.29, 0.717) is 25.4 Å². The molecule has 0 spiro atoms. The fourth-order valence-electron chi connectivity index (χ4n) is 2.36. The highest BCUT2D eigenvalue weighted by molar-refractivity contribution is 7.89. The minimum atomic E-state index is -4.50. The van der Waals surface area contributed by atoms with Crippen LogP contribution in [0, 0.1) is 5.92 Å². The highest BCUT2D eigenvalue weighted by atomic mass is 32.2. The maximum absolute atomic E-state index is 12.7. The standard InChI is InChI=1S/C16H21F3N2O3S/c1-2-9-21(10-12-3-4-12)25(23,24)14-7-5-13(6-8-14)15(22)20-11-16(17,18)19/h5-8,12H,2-4,9-11H2,1H3,(H,20,22). The summed E-state index contributed by atoms with van der Waals surface area (Å²) in [5.74, 6) is -0.501. The molecule has 0 radical (unpaired) electrons. The smallest absolute Gasteiger partial charge is 0.343 e. The molecule has 1 saturated carbocycles. The first kappa shape index (κ1) is 19.7. The van der Waals surface area contributed by atoms with Crippen LogP contribution in [-0.4, -0.2) is 44.4 Å². The Balaban J connectivity index is 2.10. The highest BCUT2D eigenvalue weighted by Gasteiger charge is 2.31. The van der Waals surface area contributed by atoms with Crippen molar-refractivity contribution in [1.29, 1.82) is 0 Å². The predicted octanol–water partition coefficient (Wildman–Crippen LogP) is 2.79. The quantitative estimate of drug-likeness (QED) is 0.756. The molecule has 25 heavy (non-hydrogen) atoms. The van der Waals surface area contributed by atoms with Crippen LogP contribution in [0.4, 0.5) is 13.2 Å². The van der Waals surface area contributed by atoms with Crippen LogP contribution >= 0.6 is 0 Å². The number of alkyl halides is 3. The topological polar surface area (TPSA) is 66.5 Å². The Morgan fingerprint density at radius 1 is 1.24 bits per heavy atom. The lowest BCUT2D eigenvalue weighted by atomic mass is 10.2. The molecule has 9 heteroatoms. The zero-order chi connectivity index (χ0) is 18.7. The van der Waals surface area contributed by atoms with Gasteiger partial charge < -0.3 is 5.32 Å². The van der Waals surface area contributed by atoms with Gasteiger partial charge in [-0.05, 0) is 49.4 Å². The van der Waals surface area contributed by atoms with Gasteiger partial charge in [0.2, 0.25) is 10.0 Å². The lowest BCUT2D eigenvalue weighted by molar-refractivity contribution is -0.123. The Morgan fingerprint density at radius 2 is 1.84 bits per heavy atom. The highest BCUT2D eigenvalue weighted by Crippen LogP contribution is 2.31. The third kappa shape index (κ3) is 5.71. The third-order valence-corrected chi connectivity index (χ3v) is 5.71. The molecule has 1 aliphatic carbocycles. The van der Waals surface area contributed by atoms with Crippen molar-refractivity contribution in [3.8, 4) is 0 Å². The average molecular weight is 378 g/mol. The molecule has 1 fully saturated rings. The molecule has 0 aromatic heterocycles. The van der Waals surface area contributed by atoms with Gasteiger partial charge in [-0.15, -0.1) is 0 Å². The monoisotopic (exact) mass is 378 g/mol. The zero-order valence-corrected chi connectivity index (χ0v) is 14.7. The molecule has 1 aromatic carbocycles. The van der Waals surface area contributed by atoms with E-state index in [2.05, 4.69) is 0 Å². The van der Waals surface area contributed by atoms with Crippen molar-refractivity contribution in [3.63, 3.8) is 0 Å². The first-order valence-corrected chi connectivity index (χ1v) is 9.52. The molecule has 1 aliphatic rings. The zero-order valence-electron chi connectivity index (χ0n) is 13.8. The first-order valence-electron chi connectivity index (χ1n) is 8.08. The Labute approximate surface area is 145 Å². The van der Waals surface area contributed by atoms with E-state index in [1.54, 1.807) is 5.32 Å². The SMILES string of the molecule is CCCN(CC1CC1)S(=O)(=O)c1ccc(C(=O)NCC(F)(F)F)cc1. The fourth-order valence-corrected chi connectivity index (χ4v) is 3.97. The summed E-state index contributed by atoms with van der Waals surface area (Å²) in [4.78, 5) is 11.7. The van der Waals surface area contributed by atoms with E-state index in [-0.39, 0.29) is 10.5 Å². The summed E-state index contributed by atoms with van der Waals surface area (Å²) in [6.07, 6.45) is -1.77. The second-order valence-electron chi connectivity index (χ2n) is 6.13. The van der Waals surface area contributed by atoms with Crippen LogP contribution in [0.25, 0.3) is 0 Å². The van der Waals surface area contributed by atoms with Gasteiger partial charge in [-0.25, -0.2) is 8.42 Å². The molecule has 0 aliphatic heterocycles. The van der Waals surface area contributed by atoms with Gasteiger partial charge in [0.05, 0.1) is 4.90 Å². The molecule has 5 nitrogen and oxygen atoms in total. The number of carbonyl (C=O) groups excluding carboxylic acids is 1. The maximum Gasteiger partial charge on any atom is 0.405 e. The molecule has 0 atom stereocenters. The number of rotatable bonds is 8. The Hall–Kier alpha value is -1.61. The van der Waals surface area contributed by atoms with E-state index in [4.69, 9.17) is 0 Å². The number of benzene rings is 1. The van der Waals surface area contributed by atoms with Crippen molar-refractivity contribution in [2.45, 2.75) is 37.3 Å². The van der Waals surface area contributed by atoms with Crippen molar-refractivity contribution in [2.24, 2.45) is 5.92 Å². The summed E-state index contributed by atoms with van der Waals surface area (Å²) in [6.45, 7) is 1.34. The van der Waals surface area contributed by atoms with Gasteiger partial charge in [-0.2, -0.15) is 17.5 Å². The minimum Gasteiger partial charge on any atom is -0.343 e. The number of nitrogens with one attached hydrogen (secondary N) is 1. The Bertz CT molecular complexity index is 698. The lowest BCUT2D eigenvalue weighted by Gasteiger charge is -2.21. The van der Waals surface area contributed by atoms with Crippen LogP contribution in [0.3, 0.4) is 0 Å². The number of carbonyl (C=O) groups is 1. The van der Waals surface area contributed by atoms with Crippen molar-refractivity contribution in [3.05, 3.63) is 29.8 Å². The molecule has 0 saturated heterocycles. The molecular formula is C16H21F3N2O3S. The summed E-state index contributed by atoms with van der Waals surface area (Å²) < 4.78 is 63.2. The summed E-state index contributed by atoms with van der Waals surface area (Å²) in [5, 5.41) is 1.75. The minimum absolute atomic E-state index is 0.0209. The normalized spacial score (nSPS) is 15.4. The molecular weight excluding hydrogens is 357 g/mol. The third-order valence-electron chi connectivity index (χ3n) is 3.84. The summed E-state index contributed by atoms with van der Waals surface area (Å²) in [7, 11) is -3.67. The molecule has 1 N–H and O–H groups in total. The van der Waals surface area contributed by atoms with Crippen molar-refractivity contribution in [2.75, 3.05) is 19.6 Å². The van der Waals surface area contributed by atoms with Gasteiger partial charge in [-0.1, -0.05) is 6.92 Å². The van der Waals surface area contributed by atoms with E-state index in [0.717, 1.165) is 12.8 Å². The van der Waals surface area contributed by atoms with E-state index in [1.165, 1.54) is 28.6 Å². The molecule has 140 valence electrons. The predicted molar refractivity (Wildman–Crippen MR) is 86.6 cm³/mol. The number of hydrogen-bond donors (Lipinski definition) is 1. The van der Waals surface area contributed by atoms with E-state index >= 15 is 0 Å². The van der Waals surface area contributed by atoms with Gasteiger partial charge in [-0.3, -0.25) is 4.79 Å². The second kappa shape index (κ2) is 7.74. The molecule has 0 heterocycles. The van der Waals surface area contributed by atoms with Gasteiger partial charge in [0.1, 0.15) is 6.54 Å². The van der Waals surface area contributed by atoms with Crippen molar-refractivity contribution < 1.29 is 26.4 Å². The number of halogens is 3. The van der Waals surface area contributed by atoms with Crippen molar-refractivity contribution >= 4 is 15.9 Å². The second-order valence-corrected chi connectivity index (χ2v) is 8.07. The summed E-state index contributed by atoms with van der Waals surface area (Å²) in [6, 6.07) is 4.96. The maximum atomic E-state index is 12.7. The van der Waals surface area contributed by atoms with Gasteiger partial charge >= 0.3 is 6.18 Å². The summed E-state index contributed by atoms with van der Waals surface area (Å²) in [5.41, 5.74) is -0.0209. The molecule has 0 unspecified atom stereocenters. The molecule has 1 amide bonds. The van der Waals surface area contributed by atoms with Crippen LogP contribution in [0.5, 0.6) is 0 Å². The number of amides is 1. The van der Waals surface area contributed by atoms with Gasteiger partial charge in [0.15, 0.2) is 0 Å². The molecule has 1 aromatic rings. The van der Waals surface area contributed by atoms with E-state index in [9.17, 15) is 26.4 Å². The fraction of sp³-hybridized carbons (Fsp3) is 0.562. The first-order chi connectivity index (χ1) is 11.6. The molecule has 0 bridgehead atoms. The Kier molecular flexibility index (Phi) is 6.10. The lowest BCUT2D eigenvalue weighted by Crippen LogP contribution is -2.34. The molecule has 2 rings (SSSR count). The van der Waals surface area contributed by atoms with Crippen LogP contribution in [0.1, 0.15) is 36.5 Å². The largest absolute Gasteiger partial charge is 0.405 e. The van der Waals surface area contributed by atoms with Crippen LogP contribution in [-0.2, 0) is 10.0 Å². The Morgan fingerprint density at radius 3 is 2.32 bits per heavy atom.